The van der Waals surface area contributed by atoms with Gasteiger partial charge in [-0.3, -0.25) is 4.79 Å². The molecule has 0 saturated carbocycles. The van der Waals surface area contributed by atoms with Crippen LogP contribution in [0.15, 0.2) is 48.5 Å². The highest BCUT2D eigenvalue weighted by atomic mass is 16.7. The highest BCUT2D eigenvalue weighted by Gasteiger charge is 2.54. The number of aliphatic carboxylic acids is 1. The number of hydrogen-bond acceptors (Lipinski definition) is 5. The lowest BCUT2D eigenvalue weighted by Crippen LogP contribution is -2.67. The number of nitrogens with zero attached hydrogens (tertiary/aromatic N) is 1. The minimum absolute atomic E-state index is 0.131. The van der Waals surface area contributed by atoms with Gasteiger partial charge in [0.1, 0.15) is 0 Å². The summed E-state index contributed by atoms with van der Waals surface area (Å²) in [7, 11) is 0. The van der Waals surface area contributed by atoms with Crippen molar-refractivity contribution in [1.82, 2.24) is 4.90 Å². The van der Waals surface area contributed by atoms with E-state index in [0.717, 1.165) is 10.5 Å². The summed E-state index contributed by atoms with van der Waals surface area (Å²) in [6.07, 6.45) is 0.196. The Morgan fingerprint density at radius 1 is 1.11 bits per heavy atom. The number of ether oxygens (including phenoxy) is 2. The molecule has 8 heteroatoms. The molecule has 0 spiro atoms. The largest absolute Gasteiger partial charge is 0.480 e. The summed E-state index contributed by atoms with van der Waals surface area (Å²) >= 11 is 0. The van der Waals surface area contributed by atoms with Crippen LogP contribution in [-0.4, -0.2) is 40.7 Å². The van der Waals surface area contributed by atoms with Crippen LogP contribution in [0.1, 0.15) is 5.56 Å². The van der Waals surface area contributed by atoms with Crippen molar-refractivity contribution in [3.8, 4) is 11.5 Å². The van der Waals surface area contributed by atoms with E-state index in [1.54, 1.807) is 48.5 Å². The summed E-state index contributed by atoms with van der Waals surface area (Å²) in [6.45, 7) is 0.131. The molecule has 0 bridgehead atoms. The second kappa shape index (κ2) is 6.64. The van der Waals surface area contributed by atoms with Gasteiger partial charge >= 0.3 is 12.0 Å². The first-order valence-electron chi connectivity index (χ1n) is 8.35. The van der Waals surface area contributed by atoms with Gasteiger partial charge in [0.15, 0.2) is 17.5 Å². The normalized spacial score (nSPS) is 20.1. The van der Waals surface area contributed by atoms with Crippen LogP contribution < -0.4 is 14.8 Å². The van der Waals surface area contributed by atoms with Crippen molar-refractivity contribution in [3.63, 3.8) is 0 Å². The van der Waals surface area contributed by atoms with Gasteiger partial charge in [-0.25, -0.2) is 14.5 Å². The Morgan fingerprint density at radius 2 is 1.85 bits per heavy atom. The van der Waals surface area contributed by atoms with Crippen LogP contribution in [0.5, 0.6) is 11.5 Å². The van der Waals surface area contributed by atoms with Gasteiger partial charge in [0.2, 0.25) is 12.7 Å². The highest BCUT2D eigenvalue weighted by molar-refractivity contribution is 6.11. The molecule has 1 saturated heterocycles. The predicted molar refractivity (Wildman–Crippen MR) is 93.5 cm³/mol. The lowest BCUT2D eigenvalue weighted by atomic mass is 9.82. The number of carboxylic acids is 1. The highest BCUT2D eigenvalue weighted by Crippen LogP contribution is 2.36. The Kier molecular flexibility index (Phi) is 4.15. The Morgan fingerprint density at radius 3 is 2.59 bits per heavy atom. The zero-order chi connectivity index (χ0) is 19.0. The predicted octanol–water partition coefficient (Wildman–Crippen LogP) is 2.10. The van der Waals surface area contributed by atoms with Crippen LogP contribution in [0.3, 0.4) is 0 Å². The maximum atomic E-state index is 12.5. The summed E-state index contributed by atoms with van der Waals surface area (Å²) in [5.41, 5.74) is 1.23. The van der Waals surface area contributed by atoms with E-state index in [1.165, 1.54) is 0 Å². The number of β-lactam (4-membered cyclic amide) rings is 1. The number of anilines is 1. The smallest absolute Gasteiger partial charge is 0.329 e. The van der Waals surface area contributed by atoms with Gasteiger partial charge in [-0.15, -0.1) is 0 Å². The van der Waals surface area contributed by atoms with Crippen LogP contribution in [-0.2, 0) is 16.0 Å². The molecule has 0 radical (unpaired) electrons. The van der Waals surface area contributed by atoms with Gasteiger partial charge < -0.3 is 19.9 Å². The molecule has 138 valence electrons. The second-order valence-electron chi connectivity index (χ2n) is 6.29. The first kappa shape index (κ1) is 16.9. The van der Waals surface area contributed by atoms with E-state index in [0.29, 0.717) is 17.2 Å². The second-order valence-corrected chi connectivity index (χ2v) is 6.29. The molecule has 8 nitrogen and oxygen atoms in total. The van der Waals surface area contributed by atoms with E-state index >= 15 is 0 Å². The molecule has 2 aliphatic heterocycles. The van der Waals surface area contributed by atoms with E-state index in [4.69, 9.17) is 9.47 Å². The van der Waals surface area contributed by atoms with Crippen LogP contribution in [0.4, 0.5) is 10.5 Å². The summed E-state index contributed by atoms with van der Waals surface area (Å²) in [5.74, 6) is -1.39. The Balaban J connectivity index is 1.49. The number of carboxylic acid groups (broad SMARTS) is 1. The zero-order valence-corrected chi connectivity index (χ0v) is 14.1. The number of nitrogens with one attached hydrogen (secondary N) is 1. The van der Waals surface area contributed by atoms with Gasteiger partial charge in [-0.1, -0.05) is 24.3 Å². The van der Waals surface area contributed by atoms with Crippen LogP contribution in [0.2, 0.25) is 0 Å². The van der Waals surface area contributed by atoms with Crippen molar-refractivity contribution >= 4 is 23.6 Å². The fraction of sp³-hybridized carbons (Fsp3) is 0.211. The maximum absolute atomic E-state index is 12.5. The number of rotatable bonds is 4. The molecule has 0 aliphatic carbocycles. The fourth-order valence-corrected chi connectivity index (χ4v) is 3.28. The fourth-order valence-electron chi connectivity index (χ4n) is 3.28. The quantitative estimate of drug-likeness (QED) is 0.801. The minimum atomic E-state index is -1.22. The van der Waals surface area contributed by atoms with Gasteiger partial charge in [-0.05, 0) is 36.2 Å². The number of carbonyl (C=O) groups excluding carboxylic acids is 2. The van der Waals surface area contributed by atoms with Crippen LogP contribution in [0.25, 0.3) is 0 Å². The number of fused-ring (bicyclic) bond motifs is 1. The molecule has 2 heterocycles. The Labute approximate surface area is 154 Å². The van der Waals surface area contributed by atoms with E-state index in [1.807, 2.05) is 0 Å². The Hall–Kier alpha value is -3.55. The molecular formula is C19H16N2O6. The summed E-state index contributed by atoms with van der Waals surface area (Å²) < 4.78 is 10.5. The summed E-state index contributed by atoms with van der Waals surface area (Å²) in [4.78, 5) is 37.3. The standard InChI is InChI=1S/C19H16N2O6/c22-17-13(8-11-6-7-14-15(9-11)27-10-26-14)16(18(23)24)21(17)19(25)20-12-4-2-1-3-5-12/h1-7,9,13,16H,8,10H2,(H,20,25)(H,23,24)/t13-,16+/m1/s1. The zero-order valence-electron chi connectivity index (χ0n) is 14.1. The monoisotopic (exact) mass is 368 g/mol. The molecule has 1 fully saturated rings. The van der Waals surface area contributed by atoms with Crippen molar-refractivity contribution in [3.05, 3.63) is 54.1 Å². The third-order valence-corrected chi connectivity index (χ3v) is 4.60. The number of imide groups is 1. The van der Waals surface area contributed by atoms with Gasteiger partial charge in [0, 0.05) is 5.69 Å². The van der Waals surface area contributed by atoms with Crippen molar-refractivity contribution < 1.29 is 29.0 Å². The topological polar surface area (TPSA) is 105 Å². The lowest BCUT2D eigenvalue weighted by Gasteiger charge is -2.42. The Bertz CT molecular complexity index is 914. The molecule has 2 aromatic rings. The van der Waals surface area contributed by atoms with E-state index in [-0.39, 0.29) is 13.2 Å². The molecule has 2 atom stereocenters. The first-order valence-corrected chi connectivity index (χ1v) is 8.35. The van der Waals surface area contributed by atoms with E-state index in [2.05, 4.69) is 5.32 Å². The molecule has 2 N–H and O–H groups in total. The number of carbonyl (C=O) groups is 3. The number of benzene rings is 2. The minimum Gasteiger partial charge on any atom is -0.480 e. The van der Waals surface area contributed by atoms with Crippen LogP contribution >= 0.6 is 0 Å². The number of likely N-dealkylation sites (tertiary alicyclic amines) is 1. The molecule has 2 aliphatic rings. The number of para-hydroxylation sites is 1. The SMILES string of the molecule is O=C(O)[C@@H]1[C@@H](Cc2ccc3c(c2)OCO3)C(=O)N1C(=O)Nc1ccccc1. The summed E-state index contributed by atoms with van der Waals surface area (Å²) in [6, 6.07) is 11.8. The number of hydrogen-bond donors (Lipinski definition) is 2. The van der Waals surface area contributed by atoms with Gasteiger partial charge in [0.05, 0.1) is 5.92 Å². The lowest BCUT2D eigenvalue weighted by molar-refractivity contribution is -0.165. The third kappa shape index (κ3) is 3.05. The summed E-state index contributed by atoms with van der Waals surface area (Å²) in [5, 5.41) is 12.1. The molecule has 27 heavy (non-hydrogen) atoms. The van der Waals surface area contributed by atoms with Crippen molar-refractivity contribution in [1.29, 1.82) is 0 Å². The van der Waals surface area contributed by atoms with Gasteiger partial charge in [0.25, 0.3) is 0 Å². The molecule has 2 aromatic carbocycles. The van der Waals surface area contributed by atoms with Gasteiger partial charge in [-0.2, -0.15) is 0 Å². The van der Waals surface area contributed by atoms with Crippen molar-refractivity contribution in [2.24, 2.45) is 5.92 Å². The average molecular weight is 368 g/mol. The maximum Gasteiger partial charge on any atom is 0.329 e. The van der Waals surface area contributed by atoms with Crippen molar-refractivity contribution in [2.45, 2.75) is 12.5 Å². The van der Waals surface area contributed by atoms with E-state index in [9.17, 15) is 19.5 Å². The van der Waals surface area contributed by atoms with E-state index < -0.39 is 29.9 Å². The molecule has 0 aromatic heterocycles. The molecule has 0 unspecified atom stereocenters. The average Bonchev–Trinajstić information content (AvgIpc) is 3.12. The first-order chi connectivity index (χ1) is 13.0. The molecule has 4 rings (SSSR count). The molecule has 3 amide bonds. The third-order valence-electron chi connectivity index (χ3n) is 4.60. The number of amides is 3. The van der Waals surface area contributed by atoms with Crippen LogP contribution in [0, 0.1) is 5.92 Å². The molecular weight excluding hydrogens is 352 g/mol. The number of urea groups is 1. The van der Waals surface area contributed by atoms with Crippen molar-refractivity contribution in [2.75, 3.05) is 12.1 Å².